The summed E-state index contributed by atoms with van der Waals surface area (Å²) in [5, 5.41) is 8.37. The van der Waals surface area contributed by atoms with Gasteiger partial charge in [0.1, 0.15) is 0 Å². The molecule has 0 saturated carbocycles. The van der Waals surface area contributed by atoms with Crippen LogP contribution in [0.15, 0.2) is 12.1 Å². The van der Waals surface area contributed by atoms with Gasteiger partial charge in [0.15, 0.2) is 0 Å². The van der Waals surface area contributed by atoms with Gasteiger partial charge in [0.2, 0.25) is 0 Å². The first-order chi connectivity index (χ1) is 5.59. The van der Waals surface area contributed by atoms with E-state index in [2.05, 4.69) is 0 Å². The third kappa shape index (κ3) is 2.20. The second kappa shape index (κ2) is 3.54. The van der Waals surface area contributed by atoms with Crippen LogP contribution in [0.5, 0.6) is 0 Å². The Kier molecular flexibility index (Phi) is 2.65. The zero-order valence-corrected chi connectivity index (χ0v) is 7.81. The van der Waals surface area contributed by atoms with Gasteiger partial charge in [-0.05, 0) is 31.6 Å². The van der Waals surface area contributed by atoms with Crippen molar-refractivity contribution in [2.45, 2.75) is 13.8 Å². The molecule has 0 bridgehead atoms. The molecule has 1 aromatic heterocycles. The third-order valence-corrected chi connectivity index (χ3v) is 2.69. The lowest BCUT2D eigenvalue weighted by Crippen LogP contribution is -1.84. The van der Waals surface area contributed by atoms with Crippen LogP contribution in [0.25, 0.3) is 6.08 Å². The molecule has 64 valence electrons. The van der Waals surface area contributed by atoms with Crippen LogP contribution in [0.3, 0.4) is 0 Å². The van der Waals surface area contributed by atoms with Gasteiger partial charge >= 0.3 is 5.97 Å². The van der Waals surface area contributed by atoms with E-state index in [9.17, 15) is 4.79 Å². The topological polar surface area (TPSA) is 37.3 Å². The highest BCUT2D eigenvalue weighted by Gasteiger charge is 1.97. The molecule has 0 saturated heterocycles. The molecule has 0 aromatic carbocycles. The van der Waals surface area contributed by atoms with E-state index < -0.39 is 5.97 Å². The Morgan fingerprint density at radius 3 is 2.67 bits per heavy atom. The average molecular weight is 182 g/mol. The lowest BCUT2D eigenvalue weighted by molar-refractivity contribution is -0.131. The standard InChI is InChI=1S/C9H10O2S/c1-6-5-8(12-7(6)2)3-4-9(10)11/h3-5H,1-2H3,(H,10,11)/b4-3+. The quantitative estimate of drug-likeness (QED) is 0.713. The highest BCUT2D eigenvalue weighted by atomic mass is 32.1. The van der Waals surface area contributed by atoms with E-state index in [1.165, 1.54) is 10.4 Å². The minimum absolute atomic E-state index is 0.904. The number of rotatable bonds is 2. The van der Waals surface area contributed by atoms with E-state index in [-0.39, 0.29) is 0 Å². The molecule has 0 aliphatic rings. The second-order valence-electron chi connectivity index (χ2n) is 2.56. The molecule has 0 radical (unpaired) electrons. The van der Waals surface area contributed by atoms with E-state index in [1.54, 1.807) is 17.4 Å². The lowest BCUT2D eigenvalue weighted by Gasteiger charge is -1.80. The molecule has 0 aliphatic heterocycles. The summed E-state index contributed by atoms with van der Waals surface area (Å²) in [4.78, 5) is 12.4. The molecule has 1 rings (SSSR count). The van der Waals surface area contributed by atoms with Crippen molar-refractivity contribution < 1.29 is 9.90 Å². The first kappa shape index (κ1) is 9.00. The molecule has 0 spiro atoms. The minimum Gasteiger partial charge on any atom is -0.478 e. The Morgan fingerprint density at radius 1 is 1.58 bits per heavy atom. The van der Waals surface area contributed by atoms with Gasteiger partial charge in [0.05, 0.1) is 0 Å². The Morgan fingerprint density at radius 2 is 2.25 bits per heavy atom. The van der Waals surface area contributed by atoms with E-state index in [1.807, 2.05) is 19.9 Å². The van der Waals surface area contributed by atoms with Gasteiger partial charge < -0.3 is 5.11 Å². The van der Waals surface area contributed by atoms with Gasteiger partial charge in [-0.15, -0.1) is 11.3 Å². The first-order valence-corrected chi connectivity index (χ1v) is 4.39. The lowest BCUT2D eigenvalue weighted by atomic mass is 10.3. The SMILES string of the molecule is Cc1cc(/C=C/C(=O)O)sc1C. The van der Waals surface area contributed by atoms with Crippen molar-refractivity contribution in [1.82, 2.24) is 0 Å². The van der Waals surface area contributed by atoms with Gasteiger partial charge in [0.25, 0.3) is 0 Å². The Hall–Kier alpha value is -1.09. The molecule has 1 aromatic rings. The molecule has 12 heavy (non-hydrogen) atoms. The molecule has 0 aliphatic carbocycles. The molecule has 0 atom stereocenters. The number of thiophene rings is 1. The molecule has 0 amide bonds. The summed E-state index contributed by atoms with van der Waals surface area (Å²) >= 11 is 1.61. The summed E-state index contributed by atoms with van der Waals surface area (Å²) in [5.41, 5.74) is 1.21. The number of hydrogen-bond acceptors (Lipinski definition) is 2. The predicted molar refractivity (Wildman–Crippen MR) is 50.5 cm³/mol. The summed E-state index contributed by atoms with van der Waals surface area (Å²) in [5.74, 6) is -0.904. The van der Waals surface area contributed by atoms with Crippen molar-refractivity contribution in [3.63, 3.8) is 0 Å². The van der Waals surface area contributed by atoms with Crippen LogP contribution in [-0.2, 0) is 4.79 Å². The number of carboxylic acids is 1. The van der Waals surface area contributed by atoms with Gasteiger partial charge in [-0.1, -0.05) is 0 Å². The van der Waals surface area contributed by atoms with E-state index in [4.69, 9.17) is 5.11 Å². The van der Waals surface area contributed by atoms with Crippen LogP contribution < -0.4 is 0 Å². The van der Waals surface area contributed by atoms with Crippen LogP contribution in [0.1, 0.15) is 15.3 Å². The summed E-state index contributed by atoms with van der Waals surface area (Å²) in [6, 6.07) is 1.99. The van der Waals surface area contributed by atoms with Crippen LogP contribution in [0.2, 0.25) is 0 Å². The number of aliphatic carboxylic acids is 1. The minimum atomic E-state index is -0.904. The fourth-order valence-corrected chi connectivity index (χ4v) is 1.78. The predicted octanol–water partition coefficient (Wildman–Crippen LogP) is 2.46. The Labute approximate surface area is 75.2 Å². The maximum absolute atomic E-state index is 10.2. The highest BCUT2D eigenvalue weighted by molar-refractivity contribution is 7.13. The number of aryl methyl sites for hydroxylation is 2. The molecule has 1 heterocycles. The van der Waals surface area contributed by atoms with Crippen molar-refractivity contribution >= 4 is 23.4 Å². The summed E-state index contributed by atoms with van der Waals surface area (Å²) in [7, 11) is 0. The fourth-order valence-electron chi connectivity index (χ4n) is 0.837. The molecule has 3 heteroatoms. The van der Waals surface area contributed by atoms with Crippen molar-refractivity contribution in [3.05, 3.63) is 27.5 Å². The third-order valence-electron chi connectivity index (χ3n) is 1.58. The Balaban J connectivity index is 2.83. The smallest absolute Gasteiger partial charge is 0.328 e. The molecule has 1 N–H and O–H groups in total. The maximum atomic E-state index is 10.2. The largest absolute Gasteiger partial charge is 0.478 e. The van der Waals surface area contributed by atoms with Crippen molar-refractivity contribution in [3.8, 4) is 0 Å². The first-order valence-electron chi connectivity index (χ1n) is 3.57. The van der Waals surface area contributed by atoms with Crippen molar-refractivity contribution in [2.75, 3.05) is 0 Å². The summed E-state index contributed by atoms with van der Waals surface area (Å²) in [6.45, 7) is 4.04. The van der Waals surface area contributed by atoms with Gasteiger partial charge in [-0.25, -0.2) is 4.79 Å². The van der Waals surface area contributed by atoms with E-state index in [0.717, 1.165) is 11.0 Å². The van der Waals surface area contributed by atoms with Gasteiger partial charge in [-0.3, -0.25) is 0 Å². The van der Waals surface area contributed by atoms with Gasteiger partial charge in [0, 0.05) is 15.8 Å². The van der Waals surface area contributed by atoms with Crippen molar-refractivity contribution in [2.24, 2.45) is 0 Å². The second-order valence-corrected chi connectivity index (χ2v) is 3.85. The zero-order valence-electron chi connectivity index (χ0n) is 7.00. The summed E-state index contributed by atoms with van der Waals surface area (Å²) < 4.78 is 0. The molecular formula is C9H10O2S. The van der Waals surface area contributed by atoms with E-state index in [0.29, 0.717) is 0 Å². The molecule has 2 nitrogen and oxygen atoms in total. The van der Waals surface area contributed by atoms with Crippen LogP contribution in [0, 0.1) is 13.8 Å². The molecule has 0 unspecified atom stereocenters. The van der Waals surface area contributed by atoms with Crippen LogP contribution in [0.4, 0.5) is 0 Å². The number of hydrogen-bond donors (Lipinski definition) is 1. The number of carboxylic acid groups (broad SMARTS) is 1. The normalized spacial score (nSPS) is 10.8. The van der Waals surface area contributed by atoms with Crippen molar-refractivity contribution in [1.29, 1.82) is 0 Å². The average Bonchev–Trinajstić information content (AvgIpc) is 2.28. The fraction of sp³-hybridized carbons (Fsp3) is 0.222. The van der Waals surface area contributed by atoms with E-state index >= 15 is 0 Å². The zero-order chi connectivity index (χ0) is 9.14. The Bertz CT molecular complexity index is 304. The molecular weight excluding hydrogens is 172 g/mol. The highest BCUT2D eigenvalue weighted by Crippen LogP contribution is 2.21. The van der Waals surface area contributed by atoms with Gasteiger partial charge in [-0.2, -0.15) is 0 Å². The van der Waals surface area contributed by atoms with Crippen LogP contribution >= 0.6 is 11.3 Å². The van der Waals surface area contributed by atoms with Crippen LogP contribution in [-0.4, -0.2) is 11.1 Å². The number of carbonyl (C=O) groups is 1. The summed E-state index contributed by atoms with van der Waals surface area (Å²) in [6.07, 6.45) is 2.78. The maximum Gasteiger partial charge on any atom is 0.328 e. The molecule has 0 fully saturated rings. The monoisotopic (exact) mass is 182 g/mol.